The van der Waals surface area contributed by atoms with E-state index >= 15 is 0 Å². The first-order valence-electron chi connectivity index (χ1n) is 4.32. The van der Waals surface area contributed by atoms with Crippen LogP contribution in [0.1, 0.15) is 11.3 Å². The highest BCUT2D eigenvalue weighted by molar-refractivity contribution is 9.09. The Labute approximate surface area is 95.3 Å². The van der Waals surface area contributed by atoms with Gasteiger partial charge in [0.25, 0.3) is 0 Å². The zero-order chi connectivity index (χ0) is 10.1. The van der Waals surface area contributed by atoms with E-state index in [1.807, 2.05) is 19.1 Å². The average molecular weight is 275 g/mol. The molecule has 0 amide bonds. The fourth-order valence-corrected chi connectivity index (χ4v) is 2.13. The lowest BCUT2D eigenvalue weighted by Gasteiger charge is -1.95. The monoisotopic (exact) mass is 273 g/mol. The Hall–Kier alpha value is -0.540. The van der Waals surface area contributed by atoms with Gasteiger partial charge in [-0.2, -0.15) is 0 Å². The van der Waals surface area contributed by atoms with Gasteiger partial charge in [-0.1, -0.05) is 32.7 Å². The Morgan fingerprint density at radius 2 is 2.29 bits per heavy atom. The van der Waals surface area contributed by atoms with Crippen molar-refractivity contribution in [2.45, 2.75) is 13.3 Å². The summed E-state index contributed by atoms with van der Waals surface area (Å²) in [4.78, 5) is 0. The van der Waals surface area contributed by atoms with Gasteiger partial charge in [0, 0.05) is 22.2 Å². The van der Waals surface area contributed by atoms with E-state index in [0.717, 1.165) is 39.0 Å². The maximum absolute atomic E-state index is 5.97. The minimum atomic E-state index is 0.731. The van der Waals surface area contributed by atoms with Gasteiger partial charge in [0.05, 0.1) is 5.69 Å². The summed E-state index contributed by atoms with van der Waals surface area (Å²) in [5, 5.41) is 6.65. The van der Waals surface area contributed by atoms with Gasteiger partial charge in [-0.25, -0.2) is 0 Å². The van der Waals surface area contributed by atoms with E-state index in [9.17, 15) is 0 Å². The smallest absolute Gasteiger partial charge is 0.170 e. The summed E-state index contributed by atoms with van der Waals surface area (Å²) in [6.07, 6.45) is 0.854. The average Bonchev–Trinajstić information content (AvgIpc) is 2.49. The summed E-state index contributed by atoms with van der Waals surface area (Å²) in [6.45, 7) is 1.97. The fraction of sp³-hybridized carbons (Fsp3) is 0.300. The first-order valence-corrected chi connectivity index (χ1v) is 5.82. The Balaban J connectivity index is 2.66. The van der Waals surface area contributed by atoms with Crippen molar-refractivity contribution >= 4 is 38.5 Å². The van der Waals surface area contributed by atoms with Crippen molar-refractivity contribution < 1.29 is 4.52 Å². The Morgan fingerprint density at radius 3 is 3.00 bits per heavy atom. The number of aromatic nitrogens is 1. The first kappa shape index (κ1) is 9.99. The lowest BCUT2D eigenvalue weighted by Crippen LogP contribution is -1.85. The van der Waals surface area contributed by atoms with Crippen molar-refractivity contribution in [1.82, 2.24) is 5.16 Å². The van der Waals surface area contributed by atoms with Crippen LogP contribution < -0.4 is 0 Å². The van der Waals surface area contributed by atoms with Crippen LogP contribution in [0.3, 0.4) is 0 Å². The normalized spacial score (nSPS) is 11.1. The zero-order valence-corrected chi connectivity index (χ0v) is 10.0. The summed E-state index contributed by atoms with van der Waals surface area (Å²) in [6, 6.07) is 3.78. The summed E-state index contributed by atoms with van der Waals surface area (Å²) in [5.74, 6) is 0. The second-order valence-corrected chi connectivity index (χ2v) is 4.40. The van der Waals surface area contributed by atoms with Crippen LogP contribution in [-0.4, -0.2) is 10.5 Å². The molecule has 0 unspecified atom stereocenters. The summed E-state index contributed by atoms with van der Waals surface area (Å²) < 4.78 is 5.26. The number of fused-ring (bicyclic) bond motifs is 1. The van der Waals surface area contributed by atoms with Crippen LogP contribution in [0.4, 0.5) is 0 Å². The van der Waals surface area contributed by atoms with Crippen molar-refractivity contribution in [3.63, 3.8) is 0 Å². The molecule has 74 valence electrons. The fourth-order valence-electron chi connectivity index (χ4n) is 1.49. The van der Waals surface area contributed by atoms with Crippen LogP contribution in [-0.2, 0) is 6.42 Å². The molecule has 0 aliphatic rings. The van der Waals surface area contributed by atoms with Gasteiger partial charge in [0.1, 0.15) is 0 Å². The second-order valence-electron chi connectivity index (χ2n) is 3.17. The van der Waals surface area contributed by atoms with E-state index in [4.69, 9.17) is 16.1 Å². The highest BCUT2D eigenvalue weighted by atomic mass is 79.9. The number of alkyl halides is 1. The highest BCUT2D eigenvalue weighted by Gasteiger charge is 2.10. The zero-order valence-electron chi connectivity index (χ0n) is 7.68. The third-order valence-corrected chi connectivity index (χ3v) is 2.74. The number of rotatable bonds is 2. The van der Waals surface area contributed by atoms with E-state index < -0.39 is 0 Å². The number of aryl methyl sites for hydroxylation is 2. The SMILES string of the molecule is Cc1cc(Cl)cc2c(CCBr)noc12. The molecule has 0 aliphatic heterocycles. The summed E-state index contributed by atoms with van der Waals surface area (Å²) in [5.41, 5.74) is 2.83. The van der Waals surface area contributed by atoms with Gasteiger partial charge in [0.2, 0.25) is 0 Å². The molecule has 0 fully saturated rings. The Kier molecular flexibility index (Phi) is 2.79. The predicted molar refractivity (Wildman–Crippen MR) is 61.3 cm³/mol. The third-order valence-electron chi connectivity index (χ3n) is 2.13. The summed E-state index contributed by atoms with van der Waals surface area (Å²) >= 11 is 9.35. The van der Waals surface area contributed by atoms with Crippen LogP contribution in [0, 0.1) is 6.92 Å². The maximum atomic E-state index is 5.97. The molecule has 2 rings (SSSR count). The number of hydrogen-bond donors (Lipinski definition) is 0. The van der Waals surface area contributed by atoms with Crippen molar-refractivity contribution in [2.24, 2.45) is 0 Å². The van der Waals surface area contributed by atoms with Gasteiger partial charge in [-0.3, -0.25) is 0 Å². The number of hydrogen-bond acceptors (Lipinski definition) is 2. The molecule has 0 spiro atoms. The highest BCUT2D eigenvalue weighted by Crippen LogP contribution is 2.26. The molecule has 0 atom stereocenters. The standard InChI is InChI=1S/C10H9BrClNO/c1-6-4-7(12)5-8-9(2-3-11)13-14-10(6)8/h4-5H,2-3H2,1H3. The van der Waals surface area contributed by atoms with Crippen molar-refractivity contribution in [1.29, 1.82) is 0 Å². The van der Waals surface area contributed by atoms with Crippen LogP contribution in [0.5, 0.6) is 0 Å². The maximum Gasteiger partial charge on any atom is 0.170 e. The quantitative estimate of drug-likeness (QED) is 0.780. The minimum Gasteiger partial charge on any atom is -0.356 e. The van der Waals surface area contributed by atoms with E-state index in [-0.39, 0.29) is 0 Å². The number of benzene rings is 1. The molecule has 0 aliphatic carbocycles. The number of halogens is 2. The van der Waals surface area contributed by atoms with Crippen molar-refractivity contribution in [3.8, 4) is 0 Å². The third kappa shape index (κ3) is 1.66. The molecule has 1 aromatic carbocycles. The molecule has 0 saturated heterocycles. The number of nitrogens with zero attached hydrogens (tertiary/aromatic N) is 1. The van der Waals surface area contributed by atoms with Gasteiger partial charge >= 0.3 is 0 Å². The topological polar surface area (TPSA) is 26.0 Å². The molecule has 0 saturated carbocycles. The molecule has 0 radical (unpaired) electrons. The van der Waals surface area contributed by atoms with E-state index in [2.05, 4.69) is 21.1 Å². The van der Waals surface area contributed by atoms with Crippen LogP contribution in [0.15, 0.2) is 16.7 Å². The Morgan fingerprint density at radius 1 is 1.50 bits per heavy atom. The minimum absolute atomic E-state index is 0.731. The van der Waals surface area contributed by atoms with Crippen molar-refractivity contribution in [3.05, 3.63) is 28.4 Å². The molecule has 0 N–H and O–H groups in total. The molecule has 0 bridgehead atoms. The van der Waals surface area contributed by atoms with E-state index in [1.54, 1.807) is 0 Å². The van der Waals surface area contributed by atoms with Crippen molar-refractivity contribution in [2.75, 3.05) is 5.33 Å². The van der Waals surface area contributed by atoms with Gasteiger partial charge in [-0.05, 0) is 24.6 Å². The second kappa shape index (κ2) is 3.91. The molecule has 2 nitrogen and oxygen atoms in total. The van der Waals surface area contributed by atoms with Gasteiger partial charge < -0.3 is 4.52 Å². The lowest BCUT2D eigenvalue weighted by molar-refractivity contribution is 0.446. The first-order chi connectivity index (χ1) is 6.72. The van der Waals surface area contributed by atoms with E-state index in [1.165, 1.54) is 0 Å². The van der Waals surface area contributed by atoms with Crippen LogP contribution in [0.2, 0.25) is 5.02 Å². The molecule has 4 heteroatoms. The van der Waals surface area contributed by atoms with Gasteiger partial charge in [-0.15, -0.1) is 0 Å². The predicted octanol–water partition coefficient (Wildman–Crippen LogP) is 3.73. The summed E-state index contributed by atoms with van der Waals surface area (Å²) in [7, 11) is 0. The van der Waals surface area contributed by atoms with Crippen LogP contribution >= 0.6 is 27.5 Å². The largest absolute Gasteiger partial charge is 0.356 e. The Bertz CT molecular complexity index is 466. The molecule has 2 aromatic rings. The molecular formula is C10H9BrClNO. The molecular weight excluding hydrogens is 265 g/mol. The molecule has 1 heterocycles. The van der Waals surface area contributed by atoms with Gasteiger partial charge in [0.15, 0.2) is 5.58 Å². The molecule has 14 heavy (non-hydrogen) atoms. The van der Waals surface area contributed by atoms with E-state index in [0.29, 0.717) is 0 Å². The molecule has 1 aromatic heterocycles. The lowest BCUT2D eigenvalue weighted by atomic mass is 10.1. The van der Waals surface area contributed by atoms with Crippen LogP contribution in [0.25, 0.3) is 11.0 Å².